The van der Waals surface area contributed by atoms with E-state index in [9.17, 15) is 15.0 Å². The summed E-state index contributed by atoms with van der Waals surface area (Å²) in [5, 5.41) is 9.26. The van der Waals surface area contributed by atoms with Crippen LogP contribution < -0.4 is 4.57 Å². The minimum Gasteiger partial charge on any atom is -0.763 e. The maximum Gasteiger partial charge on any atom is 0.344 e. The summed E-state index contributed by atoms with van der Waals surface area (Å²) in [7, 11) is 0. The molecule has 0 aliphatic carbocycles. The number of aromatic nitrogens is 1. The maximum atomic E-state index is 12.9. The van der Waals surface area contributed by atoms with E-state index in [1.165, 1.54) is 6.08 Å². The Balaban J connectivity index is 2.54. The molecule has 25 heavy (non-hydrogen) atoms. The predicted octanol–water partition coefficient (Wildman–Crippen LogP) is 2.73. The first kappa shape index (κ1) is 18.0. The van der Waals surface area contributed by atoms with Gasteiger partial charge in [0.2, 0.25) is 0 Å². The van der Waals surface area contributed by atoms with Crippen LogP contribution in [0.3, 0.4) is 0 Å². The van der Waals surface area contributed by atoms with E-state index in [0.717, 1.165) is 5.56 Å². The molecular weight excluding hydrogens is 316 g/mol. The second-order valence-corrected chi connectivity index (χ2v) is 5.25. The third kappa shape index (κ3) is 4.59. The molecule has 0 aliphatic rings. The number of carbonyl (C=O) groups excluding carboxylic acids is 2. The first-order chi connectivity index (χ1) is 12.1. The fourth-order valence-electron chi connectivity index (χ4n) is 2.14. The van der Waals surface area contributed by atoms with Gasteiger partial charge in [0.05, 0.1) is 12.2 Å². The summed E-state index contributed by atoms with van der Waals surface area (Å²) in [4.78, 5) is 24.8. The van der Waals surface area contributed by atoms with Crippen molar-refractivity contribution in [2.45, 2.75) is 13.8 Å². The van der Waals surface area contributed by atoms with Crippen molar-refractivity contribution >= 4 is 23.3 Å². The van der Waals surface area contributed by atoms with Crippen LogP contribution in [-0.2, 0) is 9.53 Å². The quantitative estimate of drug-likeness (QED) is 0.204. The molecule has 5 heteroatoms. The molecule has 1 heterocycles. The van der Waals surface area contributed by atoms with Crippen LogP contribution in [0.15, 0.2) is 66.5 Å². The van der Waals surface area contributed by atoms with Crippen molar-refractivity contribution in [3.8, 4) is 0 Å². The summed E-state index contributed by atoms with van der Waals surface area (Å²) >= 11 is 0. The Morgan fingerprint density at radius 2 is 1.80 bits per heavy atom. The van der Waals surface area contributed by atoms with Gasteiger partial charge in [-0.25, -0.2) is 4.79 Å². The topological polar surface area (TPSA) is 69.5 Å². The Labute approximate surface area is 146 Å². The lowest BCUT2D eigenvalue weighted by atomic mass is 10.1. The lowest BCUT2D eigenvalue weighted by Gasteiger charge is -2.05. The number of ketones is 1. The van der Waals surface area contributed by atoms with Gasteiger partial charge >= 0.3 is 5.97 Å². The lowest BCUT2D eigenvalue weighted by molar-refractivity contribution is -0.576. The summed E-state index contributed by atoms with van der Waals surface area (Å²) < 4.78 is 6.45. The van der Waals surface area contributed by atoms with Crippen LogP contribution in [-0.4, -0.2) is 24.2 Å². The van der Waals surface area contributed by atoms with Crippen molar-refractivity contribution < 1.29 is 18.9 Å². The third-order valence-electron chi connectivity index (χ3n) is 3.44. The number of aryl methyl sites for hydroxylation is 1. The van der Waals surface area contributed by atoms with Crippen molar-refractivity contribution in [2.75, 3.05) is 6.61 Å². The smallest absolute Gasteiger partial charge is 0.344 e. The van der Waals surface area contributed by atoms with Gasteiger partial charge in [-0.1, -0.05) is 30.3 Å². The zero-order valence-corrected chi connectivity index (χ0v) is 14.1. The summed E-state index contributed by atoms with van der Waals surface area (Å²) in [6.07, 6.45) is 4.69. The second-order valence-electron chi connectivity index (χ2n) is 5.25. The number of pyridine rings is 1. The molecule has 0 bridgehead atoms. The van der Waals surface area contributed by atoms with Crippen molar-refractivity contribution in [3.05, 3.63) is 83.0 Å². The molecule has 1 aromatic carbocycles. The molecule has 0 unspecified atom stereocenters. The van der Waals surface area contributed by atoms with Gasteiger partial charge in [0, 0.05) is 23.8 Å². The van der Waals surface area contributed by atoms with Crippen LogP contribution in [0.1, 0.15) is 22.8 Å². The molecule has 0 saturated heterocycles. The molecule has 1 aromatic heterocycles. The SMILES string of the molecule is CCOC(=O)C(=C=[N-])C=C(C(=O)c1ccccc1)[n+]1ccc(C)cc1. The average Bonchev–Trinajstić information content (AvgIpc) is 2.64. The molecule has 2 rings (SSSR count). The average molecular weight is 334 g/mol. The molecule has 0 N–H and O–H groups in total. The Bertz CT molecular complexity index is 846. The van der Waals surface area contributed by atoms with Crippen molar-refractivity contribution in [1.29, 1.82) is 0 Å². The number of carbonyl (C=O) groups is 2. The highest BCUT2D eigenvalue weighted by atomic mass is 16.5. The zero-order valence-electron chi connectivity index (χ0n) is 14.1. The number of benzene rings is 1. The molecule has 5 nitrogen and oxygen atoms in total. The molecule has 2 aromatic rings. The summed E-state index contributed by atoms with van der Waals surface area (Å²) in [5.74, 6) is 0.752. The number of Topliss-reactive ketones (excluding diaryl/α,β-unsaturated/α-hetero) is 1. The largest absolute Gasteiger partial charge is 0.763 e. The summed E-state index contributed by atoms with van der Waals surface area (Å²) in [6, 6.07) is 12.4. The van der Waals surface area contributed by atoms with Gasteiger partial charge in [0.25, 0.3) is 11.5 Å². The van der Waals surface area contributed by atoms with Gasteiger partial charge in [-0.2, -0.15) is 4.57 Å². The van der Waals surface area contributed by atoms with Gasteiger partial charge in [-0.3, -0.25) is 10.7 Å². The molecule has 0 atom stereocenters. The molecule has 0 aliphatic heterocycles. The van der Waals surface area contributed by atoms with Gasteiger partial charge in [0.1, 0.15) is 0 Å². The van der Waals surface area contributed by atoms with Crippen LogP contribution in [0.4, 0.5) is 0 Å². The fraction of sp³-hybridized carbons (Fsp3) is 0.150. The fourth-order valence-corrected chi connectivity index (χ4v) is 2.14. The van der Waals surface area contributed by atoms with E-state index in [4.69, 9.17) is 4.74 Å². The minimum atomic E-state index is -0.754. The van der Waals surface area contributed by atoms with E-state index in [2.05, 4.69) is 0 Å². The molecule has 126 valence electrons. The van der Waals surface area contributed by atoms with E-state index in [1.54, 1.807) is 54.0 Å². The first-order valence-corrected chi connectivity index (χ1v) is 7.80. The normalized spacial score (nSPS) is 10.7. The number of esters is 1. The van der Waals surface area contributed by atoms with Gasteiger partial charge in [0.15, 0.2) is 12.4 Å². The molecule has 0 amide bonds. The summed E-state index contributed by atoms with van der Waals surface area (Å²) in [5.41, 5.74) is 1.45. The molecule has 0 spiro atoms. The molecule has 0 radical (unpaired) electrons. The minimum absolute atomic E-state index is 0.150. The number of rotatable bonds is 6. The highest BCUT2D eigenvalue weighted by Crippen LogP contribution is 2.11. The van der Waals surface area contributed by atoms with E-state index >= 15 is 0 Å². The third-order valence-corrected chi connectivity index (χ3v) is 3.44. The van der Waals surface area contributed by atoms with Gasteiger partial charge in [-0.05, 0) is 19.4 Å². The van der Waals surface area contributed by atoms with E-state index in [1.807, 2.05) is 25.1 Å². The van der Waals surface area contributed by atoms with Crippen LogP contribution >= 0.6 is 0 Å². The second kappa shape index (κ2) is 8.52. The Morgan fingerprint density at radius 3 is 2.36 bits per heavy atom. The number of allylic oxidation sites excluding steroid dienone is 1. The van der Waals surface area contributed by atoms with Gasteiger partial charge < -0.3 is 10.1 Å². The molecule has 0 saturated carbocycles. The number of hydrogen-bond acceptors (Lipinski definition) is 3. The van der Waals surface area contributed by atoms with Crippen molar-refractivity contribution in [1.82, 2.24) is 0 Å². The van der Waals surface area contributed by atoms with E-state index < -0.39 is 5.97 Å². The standard InChI is InChI=1S/C20H18N2O3/c1-3-25-20(24)17(14-21)13-18(22-11-9-15(2)10-12-22)19(23)16-7-5-4-6-8-16/h4-13H,3H2,1-2H3. The zero-order chi connectivity index (χ0) is 18.2. The summed E-state index contributed by atoms with van der Waals surface area (Å²) in [6.45, 7) is 3.73. The highest BCUT2D eigenvalue weighted by molar-refractivity contribution is 6.23. The predicted molar refractivity (Wildman–Crippen MR) is 94.9 cm³/mol. The molecular formula is C20H18N2O3. The van der Waals surface area contributed by atoms with Gasteiger partial charge in [-0.15, -0.1) is 0 Å². The van der Waals surface area contributed by atoms with Crippen LogP contribution in [0.2, 0.25) is 0 Å². The molecule has 0 fully saturated rings. The Hall–Kier alpha value is -3.30. The Morgan fingerprint density at radius 1 is 1.16 bits per heavy atom. The number of nitrogens with zero attached hydrogens (tertiary/aromatic N) is 2. The Kier molecular flexibility index (Phi) is 6.15. The lowest BCUT2D eigenvalue weighted by Crippen LogP contribution is -2.36. The van der Waals surface area contributed by atoms with Crippen molar-refractivity contribution in [2.24, 2.45) is 0 Å². The van der Waals surface area contributed by atoms with E-state index in [-0.39, 0.29) is 23.7 Å². The van der Waals surface area contributed by atoms with Crippen molar-refractivity contribution in [3.63, 3.8) is 0 Å². The van der Waals surface area contributed by atoms with E-state index in [0.29, 0.717) is 5.56 Å². The van der Waals surface area contributed by atoms with Crippen LogP contribution in [0.5, 0.6) is 0 Å². The first-order valence-electron chi connectivity index (χ1n) is 7.80. The highest BCUT2D eigenvalue weighted by Gasteiger charge is 2.23. The number of hydrogen-bond donors (Lipinski definition) is 0. The van der Waals surface area contributed by atoms with Crippen LogP contribution in [0, 0.1) is 6.92 Å². The van der Waals surface area contributed by atoms with Crippen LogP contribution in [0.25, 0.3) is 11.1 Å². The number of ether oxygens (including phenoxy) is 1. The maximum absolute atomic E-state index is 12.9. The monoisotopic (exact) mass is 334 g/mol.